The fraction of sp³-hybridized carbons (Fsp3) is 0.138. The fourth-order valence-corrected chi connectivity index (χ4v) is 4.76. The summed E-state index contributed by atoms with van der Waals surface area (Å²) in [6, 6.07) is 19.8. The average molecular weight is 498 g/mol. The SMILES string of the molecule is O=C(COC(=O)c1c2c(nc3ccccc13)C(=Cc1ccc3c(c1)OCO3)CC2)c1ccc(Cl)cc1. The molecule has 36 heavy (non-hydrogen) atoms. The molecule has 2 aliphatic rings. The average Bonchev–Trinajstić information content (AvgIpc) is 3.53. The quantitative estimate of drug-likeness (QED) is 0.243. The second kappa shape index (κ2) is 9.13. The molecule has 3 aromatic carbocycles. The summed E-state index contributed by atoms with van der Waals surface area (Å²) in [5.41, 5.74) is 5.22. The summed E-state index contributed by atoms with van der Waals surface area (Å²) in [6.45, 7) is -0.135. The lowest BCUT2D eigenvalue weighted by Gasteiger charge is -2.12. The third kappa shape index (κ3) is 4.10. The number of nitrogens with zero attached hydrogens (tertiary/aromatic N) is 1. The van der Waals surface area contributed by atoms with Crippen molar-refractivity contribution in [2.45, 2.75) is 12.8 Å². The minimum Gasteiger partial charge on any atom is -0.454 e. The van der Waals surface area contributed by atoms with Crippen LogP contribution in [-0.4, -0.2) is 30.1 Å². The topological polar surface area (TPSA) is 74.7 Å². The summed E-state index contributed by atoms with van der Waals surface area (Å²) in [4.78, 5) is 30.8. The van der Waals surface area contributed by atoms with E-state index >= 15 is 0 Å². The molecule has 1 aromatic heterocycles. The van der Waals surface area contributed by atoms with E-state index in [9.17, 15) is 9.59 Å². The Bertz CT molecular complexity index is 1560. The molecule has 0 amide bonds. The van der Waals surface area contributed by atoms with Gasteiger partial charge < -0.3 is 14.2 Å². The highest BCUT2D eigenvalue weighted by Crippen LogP contribution is 2.39. The number of aromatic nitrogens is 1. The van der Waals surface area contributed by atoms with Crippen LogP contribution in [0.5, 0.6) is 11.5 Å². The van der Waals surface area contributed by atoms with E-state index in [0.717, 1.165) is 34.6 Å². The van der Waals surface area contributed by atoms with Crippen molar-refractivity contribution in [1.29, 1.82) is 0 Å². The number of rotatable bonds is 5. The molecule has 7 heteroatoms. The molecule has 6 nitrogen and oxygen atoms in total. The third-order valence-electron chi connectivity index (χ3n) is 6.38. The molecule has 178 valence electrons. The van der Waals surface area contributed by atoms with Crippen LogP contribution in [0.1, 0.15) is 44.0 Å². The predicted molar refractivity (Wildman–Crippen MR) is 137 cm³/mol. The number of halogens is 1. The summed E-state index contributed by atoms with van der Waals surface area (Å²) in [5, 5.41) is 1.25. The Morgan fingerprint density at radius 1 is 0.972 bits per heavy atom. The van der Waals surface area contributed by atoms with Crippen LogP contribution in [0.3, 0.4) is 0 Å². The molecule has 1 aliphatic heterocycles. The molecule has 2 heterocycles. The number of ketones is 1. The van der Waals surface area contributed by atoms with Gasteiger partial charge in [0.25, 0.3) is 0 Å². The lowest BCUT2D eigenvalue weighted by atomic mass is 10.0. The smallest absolute Gasteiger partial charge is 0.339 e. The molecule has 0 saturated heterocycles. The van der Waals surface area contributed by atoms with E-state index in [1.807, 2.05) is 42.5 Å². The number of pyridine rings is 1. The first-order valence-electron chi connectivity index (χ1n) is 11.5. The zero-order valence-electron chi connectivity index (χ0n) is 19.1. The molecular weight excluding hydrogens is 478 g/mol. The van der Waals surface area contributed by atoms with Gasteiger partial charge in [-0.05, 0) is 78.1 Å². The number of benzene rings is 3. The van der Waals surface area contributed by atoms with E-state index in [1.54, 1.807) is 24.3 Å². The number of allylic oxidation sites excluding steroid dienone is 1. The molecule has 6 rings (SSSR count). The van der Waals surface area contributed by atoms with Gasteiger partial charge in [0.2, 0.25) is 6.79 Å². The van der Waals surface area contributed by atoms with Gasteiger partial charge in [-0.25, -0.2) is 9.78 Å². The minimum absolute atomic E-state index is 0.220. The van der Waals surface area contributed by atoms with E-state index in [2.05, 4.69) is 6.08 Å². The highest BCUT2D eigenvalue weighted by Gasteiger charge is 2.28. The Morgan fingerprint density at radius 2 is 1.78 bits per heavy atom. The van der Waals surface area contributed by atoms with Gasteiger partial charge >= 0.3 is 5.97 Å². The monoisotopic (exact) mass is 497 g/mol. The van der Waals surface area contributed by atoms with Crippen molar-refractivity contribution >= 4 is 45.9 Å². The van der Waals surface area contributed by atoms with Crippen LogP contribution in [0.25, 0.3) is 22.6 Å². The van der Waals surface area contributed by atoms with E-state index in [0.29, 0.717) is 39.2 Å². The molecule has 0 bridgehead atoms. The van der Waals surface area contributed by atoms with Crippen molar-refractivity contribution in [3.05, 3.63) is 99.7 Å². The minimum atomic E-state index is -0.531. The number of esters is 1. The van der Waals surface area contributed by atoms with Crippen LogP contribution < -0.4 is 9.47 Å². The number of carbonyl (C=O) groups is 2. The zero-order chi connectivity index (χ0) is 24.6. The highest BCUT2D eigenvalue weighted by molar-refractivity contribution is 6.30. The largest absolute Gasteiger partial charge is 0.454 e. The summed E-state index contributed by atoms with van der Waals surface area (Å²) in [7, 11) is 0. The zero-order valence-corrected chi connectivity index (χ0v) is 19.9. The van der Waals surface area contributed by atoms with Crippen LogP contribution in [0, 0.1) is 0 Å². The second-order valence-corrected chi connectivity index (χ2v) is 9.06. The molecule has 0 unspecified atom stereocenters. The van der Waals surface area contributed by atoms with Crippen molar-refractivity contribution in [2.75, 3.05) is 13.4 Å². The standard InChI is InChI=1S/C29H20ClNO5/c30-20-9-6-18(7-10-20)24(32)15-34-29(33)27-21-3-1-2-4-23(21)31-28-19(8-11-22(27)28)13-17-5-12-25-26(14-17)36-16-35-25/h1-7,9-10,12-14H,8,11,15-16H2. The van der Waals surface area contributed by atoms with Crippen molar-refractivity contribution in [3.63, 3.8) is 0 Å². The van der Waals surface area contributed by atoms with E-state index in [1.165, 1.54) is 0 Å². The molecule has 0 N–H and O–H groups in total. The maximum atomic E-state index is 13.3. The number of Topliss-reactive ketones (excluding diaryl/α,β-unsaturated/α-hetero) is 1. The van der Waals surface area contributed by atoms with Crippen LogP contribution in [0.15, 0.2) is 66.7 Å². The molecule has 0 radical (unpaired) electrons. The Balaban J connectivity index is 1.33. The molecule has 0 spiro atoms. The van der Waals surface area contributed by atoms with E-state index in [-0.39, 0.29) is 19.2 Å². The van der Waals surface area contributed by atoms with Gasteiger partial charge in [-0.15, -0.1) is 0 Å². The van der Waals surface area contributed by atoms with Gasteiger partial charge in [-0.3, -0.25) is 4.79 Å². The lowest BCUT2D eigenvalue weighted by molar-refractivity contribution is 0.0475. The number of fused-ring (bicyclic) bond motifs is 3. The second-order valence-electron chi connectivity index (χ2n) is 8.62. The molecule has 0 atom stereocenters. The summed E-state index contributed by atoms with van der Waals surface area (Å²) in [6.07, 6.45) is 3.45. The van der Waals surface area contributed by atoms with Gasteiger partial charge in [-0.2, -0.15) is 0 Å². The van der Waals surface area contributed by atoms with E-state index in [4.69, 9.17) is 30.8 Å². The summed E-state index contributed by atoms with van der Waals surface area (Å²) < 4.78 is 16.4. The molecule has 0 saturated carbocycles. The number of hydrogen-bond acceptors (Lipinski definition) is 6. The van der Waals surface area contributed by atoms with E-state index < -0.39 is 5.97 Å². The van der Waals surface area contributed by atoms with Crippen LogP contribution in [-0.2, 0) is 11.2 Å². The predicted octanol–water partition coefficient (Wildman–Crippen LogP) is 6.14. The first-order valence-corrected chi connectivity index (χ1v) is 11.9. The van der Waals surface area contributed by atoms with Crippen molar-refractivity contribution < 1.29 is 23.8 Å². The molecule has 1 aliphatic carbocycles. The highest BCUT2D eigenvalue weighted by atomic mass is 35.5. The normalized spacial score (nSPS) is 14.8. The third-order valence-corrected chi connectivity index (χ3v) is 6.64. The van der Waals surface area contributed by atoms with Gasteiger partial charge in [0, 0.05) is 16.0 Å². The number of carbonyl (C=O) groups excluding carboxylic acids is 2. The Morgan fingerprint density at radius 3 is 2.64 bits per heavy atom. The number of para-hydroxylation sites is 1. The number of hydrogen-bond donors (Lipinski definition) is 0. The van der Waals surface area contributed by atoms with Crippen molar-refractivity contribution in [2.24, 2.45) is 0 Å². The Hall–Kier alpha value is -4.16. The Kier molecular flexibility index (Phi) is 5.66. The van der Waals surface area contributed by atoms with Crippen molar-refractivity contribution in [3.8, 4) is 11.5 Å². The van der Waals surface area contributed by atoms with Crippen LogP contribution >= 0.6 is 11.6 Å². The Labute approximate surface area is 212 Å². The molecule has 4 aromatic rings. The maximum absolute atomic E-state index is 13.3. The maximum Gasteiger partial charge on any atom is 0.339 e. The molecular formula is C29H20ClNO5. The lowest BCUT2D eigenvalue weighted by Crippen LogP contribution is -2.16. The first-order chi connectivity index (χ1) is 17.6. The molecule has 0 fully saturated rings. The number of ether oxygens (including phenoxy) is 3. The van der Waals surface area contributed by atoms with Gasteiger partial charge in [-0.1, -0.05) is 35.9 Å². The fourth-order valence-electron chi connectivity index (χ4n) is 4.64. The van der Waals surface area contributed by atoms with Gasteiger partial charge in [0.1, 0.15) is 0 Å². The summed E-state index contributed by atoms with van der Waals surface area (Å²) >= 11 is 5.90. The van der Waals surface area contributed by atoms with Crippen molar-refractivity contribution in [1.82, 2.24) is 4.98 Å². The summed E-state index contributed by atoms with van der Waals surface area (Å²) in [5.74, 6) is 0.616. The first kappa shape index (κ1) is 22.3. The van der Waals surface area contributed by atoms with Gasteiger partial charge in [0.05, 0.1) is 16.8 Å². The van der Waals surface area contributed by atoms with Crippen LogP contribution in [0.4, 0.5) is 0 Å². The van der Waals surface area contributed by atoms with Crippen LogP contribution in [0.2, 0.25) is 5.02 Å². The van der Waals surface area contributed by atoms with Gasteiger partial charge in [0.15, 0.2) is 23.9 Å².